The predicted molar refractivity (Wildman–Crippen MR) is 63.7 cm³/mol. The van der Waals surface area contributed by atoms with E-state index in [0.29, 0.717) is 11.3 Å². The maximum absolute atomic E-state index is 11.3. The first-order valence-electron chi connectivity index (χ1n) is 4.87. The molecule has 16 heavy (non-hydrogen) atoms. The van der Waals surface area contributed by atoms with Gasteiger partial charge in [0.05, 0.1) is 11.6 Å². The number of benzene rings is 1. The monoisotopic (exact) mass is 212 g/mol. The molecule has 0 atom stereocenters. The van der Waals surface area contributed by atoms with Crippen LogP contribution in [-0.4, -0.2) is 5.91 Å². The summed E-state index contributed by atoms with van der Waals surface area (Å²) >= 11 is 0. The third kappa shape index (κ3) is 3.81. The molecule has 80 valence electrons. The summed E-state index contributed by atoms with van der Waals surface area (Å²) in [6.45, 7) is 1.88. The van der Waals surface area contributed by atoms with Gasteiger partial charge in [-0.15, -0.1) is 0 Å². The number of anilines is 1. The molecule has 0 saturated heterocycles. The summed E-state index contributed by atoms with van der Waals surface area (Å²) < 4.78 is 0. The number of amides is 1. The number of rotatable bonds is 3. The van der Waals surface area contributed by atoms with Crippen LogP contribution in [0.25, 0.3) is 0 Å². The molecule has 1 aromatic carbocycles. The zero-order valence-corrected chi connectivity index (χ0v) is 8.97. The second-order valence-electron chi connectivity index (χ2n) is 3.06. The van der Waals surface area contributed by atoms with E-state index in [9.17, 15) is 4.79 Å². The van der Waals surface area contributed by atoms with Crippen LogP contribution >= 0.6 is 0 Å². The third-order valence-corrected chi connectivity index (χ3v) is 1.83. The molecule has 0 fully saturated rings. The van der Waals surface area contributed by atoms with Gasteiger partial charge in [0.15, 0.2) is 0 Å². The number of nitrogens with one attached hydrogen (secondary N) is 1. The molecule has 0 heterocycles. The van der Waals surface area contributed by atoms with Crippen molar-refractivity contribution in [3.8, 4) is 6.07 Å². The topological polar surface area (TPSA) is 52.9 Å². The highest BCUT2D eigenvalue weighted by atomic mass is 16.1. The molecule has 0 aromatic heterocycles. The first-order valence-corrected chi connectivity index (χ1v) is 4.87. The van der Waals surface area contributed by atoms with E-state index >= 15 is 0 Å². The Morgan fingerprint density at radius 3 is 2.56 bits per heavy atom. The van der Waals surface area contributed by atoms with E-state index in [-0.39, 0.29) is 5.91 Å². The molecule has 0 aliphatic carbocycles. The molecule has 0 radical (unpaired) electrons. The van der Waals surface area contributed by atoms with E-state index in [1.165, 1.54) is 6.08 Å². The van der Waals surface area contributed by atoms with Crippen LogP contribution in [0.3, 0.4) is 0 Å². The molecule has 0 saturated carbocycles. The van der Waals surface area contributed by atoms with Crippen LogP contribution in [0, 0.1) is 11.3 Å². The summed E-state index contributed by atoms with van der Waals surface area (Å²) in [6.07, 6.45) is 6.72. The summed E-state index contributed by atoms with van der Waals surface area (Å²) in [5.74, 6) is -0.192. The lowest BCUT2D eigenvalue weighted by Crippen LogP contribution is -2.07. The predicted octanol–water partition coefficient (Wildman–Crippen LogP) is 2.63. The molecule has 3 nitrogen and oxygen atoms in total. The Kier molecular flexibility index (Phi) is 4.55. The Labute approximate surface area is 94.7 Å². The van der Waals surface area contributed by atoms with Crippen molar-refractivity contribution in [3.63, 3.8) is 0 Å². The minimum atomic E-state index is -0.192. The van der Waals surface area contributed by atoms with Crippen molar-refractivity contribution < 1.29 is 4.79 Å². The van der Waals surface area contributed by atoms with Crippen LogP contribution < -0.4 is 5.32 Å². The lowest BCUT2D eigenvalue weighted by Gasteiger charge is -2.00. The fourth-order valence-corrected chi connectivity index (χ4v) is 1.07. The van der Waals surface area contributed by atoms with Gasteiger partial charge >= 0.3 is 0 Å². The molecule has 1 rings (SSSR count). The van der Waals surface area contributed by atoms with Crippen LogP contribution in [0.5, 0.6) is 0 Å². The fraction of sp³-hybridized carbons (Fsp3) is 0.0769. The van der Waals surface area contributed by atoms with Gasteiger partial charge in [0.2, 0.25) is 5.91 Å². The normalized spacial score (nSPS) is 10.5. The number of hydrogen-bond donors (Lipinski definition) is 1. The first kappa shape index (κ1) is 11.7. The molecule has 0 unspecified atom stereocenters. The van der Waals surface area contributed by atoms with Gasteiger partial charge in [-0.05, 0) is 31.2 Å². The second-order valence-corrected chi connectivity index (χ2v) is 3.06. The van der Waals surface area contributed by atoms with Crippen molar-refractivity contribution >= 4 is 11.6 Å². The van der Waals surface area contributed by atoms with Gasteiger partial charge in [0, 0.05) is 11.8 Å². The van der Waals surface area contributed by atoms with E-state index in [2.05, 4.69) is 5.32 Å². The number of hydrogen-bond acceptors (Lipinski definition) is 2. The molecule has 0 spiro atoms. The minimum absolute atomic E-state index is 0.192. The van der Waals surface area contributed by atoms with Crippen molar-refractivity contribution in [2.75, 3.05) is 5.32 Å². The third-order valence-electron chi connectivity index (χ3n) is 1.83. The van der Waals surface area contributed by atoms with Crippen molar-refractivity contribution in [1.82, 2.24) is 0 Å². The van der Waals surface area contributed by atoms with Crippen LogP contribution in [0.4, 0.5) is 5.69 Å². The highest BCUT2D eigenvalue weighted by Gasteiger charge is 1.96. The first-order chi connectivity index (χ1) is 7.76. The highest BCUT2D eigenvalue weighted by molar-refractivity contribution is 5.99. The highest BCUT2D eigenvalue weighted by Crippen LogP contribution is 2.08. The molecule has 0 aliphatic rings. The smallest absolute Gasteiger partial charge is 0.248 e. The van der Waals surface area contributed by atoms with Crippen LogP contribution in [0.1, 0.15) is 12.5 Å². The van der Waals surface area contributed by atoms with E-state index in [1.807, 2.05) is 19.1 Å². The van der Waals surface area contributed by atoms with Gasteiger partial charge < -0.3 is 5.32 Å². The zero-order chi connectivity index (χ0) is 11.8. The van der Waals surface area contributed by atoms with Gasteiger partial charge in [-0.1, -0.05) is 18.2 Å². The number of nitrogens with zero attached hydrogens (tertiary/aromatic N) is 1. The van der Waals surface area contributed by atoms with Crippen molar-refractivity contribution in [2.45, 2.75) is 6.92 Å². The van der Waals surface area contributed by atoms with E-state index < -0.39 is 0 Å². The van der Waals surface area contributed by atoms with Crippen LogP contribution in [-0.2, 0) is 4.79 Å². The molecule has 1 N–H and O–H groups in total. The SMILES string of the molecule is C/C=C/C=C/C(=O)Nc1ccc(C#N)cc1. The summed E-state index contributed by atoms with van der Waals surface area (Å²) in [5.41, 5.74) is 1.25. The zero-order valence-electron chi connectivity index (χ0n) is 8.97. The van der Waals surface area contributed by atoms with Gasteiger partial charge in [-0.2, -0.15) is 5.26 Å². The fourth-order valence-electron chi connectivity index (χ4n) is 1.07. The van der Waals surface area contributed by atoms with E-state index in [0.717, 1.165) is 0 Å². The van der Waals surface area contributed by atoms with Gasteiger partial charge in [0.1, 0.15) is 0 Å². The van der Waals surface area contributed by atoms with Crippen molar-refractivity contribution in [1.29, 1.82) is 5.26 Å². The maximum Gasteiger partial charge on any atom is 0.248 e. The Hall–Kier alpha value is -2.34. The summed E-state index contributed by atoms with van der Waals surface area (Å²) in [5, 5.41) is 11.3. The van der Waals surface area contributed by atoms with Gasteiger partial charge in [0.25, 0.3) is 0 Å². The standard InChI is InChI=1S/C13H12N2O/c1-2-3-4-5-13(16)15-12-8-6-11(10-14)7-9-12/h2-9H,1H3,(H,15,16)/b3-2+,5-4+. The second kappa shape index (κ2) is 6.20. The Morgan fingerprint density at radius 1 is 1.31 bits per heavy atom. The molecule has 0 bridgehead atoms. The Balaban J connectivity index is 2.60. The average molecular weight is 212 g/mol. The number of allylic oxidation sites excluding steroid dienone is 3. The number of carbonyl (C=O) groups is 1. The van der Waals surface area contributed by atoms with Crippen LogP contribution in [0.15, 0.2) is 48.6 Å². The summed E-state index contributed by atoms with van der Waals surface area (Å²) in [6, 6.07) is 8.72. The van der Waals surface area contributed by atoms with Crippen molar-refractivity contribution in [2.24, 2.45) is 0 Å². The molecule has 3 heteroatoms. The average Bonchev–Trinajstić information content (AvgIpc) is 2.30. The molecule has 1 amide bonds. The number of nitriles is 1. The largest absolute Gasteiger partial charge is 0.323 e. The lowest BCUT2D eigenvalue weighted by molar-refractivity contribution is -0.111. The summed E-state index contributed by atoms with van der Waals surface area (Å²) in [7, 11) is 0. The molecular weight excluding hydrogens is 200 g/mol. The van der Waals surface area contributed by atoms with E-state index in [4.69, 9.17) is 5.26 Å². The minimum Gasteiger partial charge on any atom is -0.323 e. The van der Waals surface area contributed by atoms with E-state index in [1.54, 1.807) is 36.4 Å². The molecule has 0 aliphatic heterocycles. The van der Waals surface area contributed by atoms with Crippen molar-refractivity contribution in [3.05, 3.63) is 54.1 Å². The van der Waals surface area contributed by atoms with Gasteiger partial charge in [-0.3, -0.25) is 4.79 Å². The number of carbonyl (C=O) groups excluding carboxylic acids is 1. The van der Waals surface area contributed by atoms with Gasteiger partial charge in [-0.25, -0.2) is 0 Å². The quantitative estimate of drug-likeness (QED) is 0.618. The van der Waals surface area contributed by atoms with Crippen LogP contribution in [0.2, 0.25) is 0 Å². The maximum atomic E-state index is 11.3. The summed E-state index contributed by atoms with van der Waals surface area (Å²) in [4.78, 5) is 11.3. The molecular formula is C13H12N2O. The Morgan fingerprint density at radius 2 is 2.00 bits per heavy atom. The lowest BCUT2D eigenvalue weighted by atomic mass is 10.2. The Bertz CT molecular complexity index is 450. The molecule has 1 aromatic rings.